The molecule has 2 rings (SSSR count). The number of nitrogens with one attached hydrogen (secondary N) is 2. The number of aromatic carboxylic acids is 1. The van der Waals surface area contributed by atoms with Crippen molar-refractivity contribution in [2.45, 2.75) is 6.92 Å². The lowest BCUT2D eigenvalue weighted by atomic mass is 10.1. The van der Waals surface area contributed by atoms with E-state index in [0.29, 0.717) is 36.0 Å². The molecule has 8 heteroatoms. The van der Waals surface area contributed by atoms with E-state index in [4.69, 9.17) is 5.11 Å². The summed E-state index contributed by atoms with van der Waals surface area (Å²) < 4.78 is 0. The van der Waals surface area contributed by atoms with E-state index in [0.717, 1.165) is 6.54 Å². The van der Waals surface area contributed by atoms with Gasteiger partial charge < -0.3 is 20.6 Å². The van der Waals surface area contributed by atoms with Crippen molar-refractivity contribution in [1.82, 2.24) is 19.9 Å². The van der Waals surface area contributed by atoms with Crippen molar-refractivity contribution >= 4 is 17.7 Å². The van der Waals surface area contributed by atoms with Gasteiger partial charge in [-0.05, 0) is 27.1 Å². The van der Waals surface area contributed by atoms with Crippen LogP contribution in [0, 0.1) is 0 Å². The second-order valence-electron chi connectivity index (χ2n) is 5.48. The Morgan fingerprint density at radius 2 is 2.04 bits per heavy atom. The van der Waals surface area contributed by atoms with Gasteiger partial charge in [0.1, 0.15) is 5.82 Å². The molecule has 0 saturated heterocycles. The molecule has 0 fully saturated rings. The van der Waals surface area contributed by atoms with Gasteiger partial charge >= 0.3 is 5.97 Å². The molecule has 24 heavy (non-hydrogen) atoms. The Labute approximate surface area is 141 Å². The van der Waals surface area contributed by atoms with Crippen LogP contribution in [0.3, 0.4) is 0 Å². The molecule has 3 N–H and O–H groups in total. The Kier molecular flexibility index (Phi) is 6.02. The zero-order valence-corrected chi connectivity index (χ0v) is 14.1. The van der Waals surface area contributed by atoms with Crippen LogP contribution >= 0.6 is 0 Å². The summed E-state index contributed by atoms with van der Waals surface area (Å²) in [5.74, 6) is 0.153. The van der Waals surface area contributed by atoms with E-state index >= 15 is 0 Å². The highest BCUT2D eigenvalue weighted by Gasteiger charge is 2.12. The van der Waals surface area contributed by atoms with Crippen molar-refractivity contribution in [1.29, 1.82) is 0 Å². The van der Waals surface area contributed by atoms with Gasteiger partial charge in [-0.2, -0.15) is 4.98 Å². The third-order valence-electron chi connectivity index (χ3n) is 3.27. The molecule has 0 aromatic carbocycles. The number of hydrogen-bond acceptors (Lipinski definition) is 7. The molecule has 128 valence electrons. The fraction of sp³-hybridized carbons (Fsp3) is 0.375. The first kappa shape index (κ1) is 17.6. The van der Waals surface area contributed by atoms with Crippen molar-refractivity contribution in [3.05, 3.63) is 30.2 Å². The minimum atomic E-state index is -1.02. The molecule has 2 heterocycles. The van der Waals surface area contributed by atoms with Crippen molar-refractivity contribution in [3.8, 4) is 11.1 Å². The average Bonchev–Trinajstić information content (AvgIpc) is 2.55. The highest BCUT2D eigenvalue weighted by Crippen LogP contribution is 2.26. The van der Waals surface area contributed by atoms with E-state index in [2.05, 4.69) is 30.5 Å². The summed E-state index contributed by atoms with van der Waals surface area (Å²) in [6.07, 6.45) is 4.60. The molecular weight excluding hydrogens is 308 g/mol. The Morgan fingerprint density at radius 3 is 2.71 bits per heavy atom. The summed E-state index contributed by atoms with van der Waals surface area (Å²) in [6.45, 7) is 4.23. The maximum Gasteiger partial charge on any atom is 0.337 e. The number of hydrogen-bond donors (Lipinski definition) is 3. The molecule has 0 atom stereocenters. The van der Waals surface area contributed by atoms with Crippen LogP contribution < -0.4 is 10.6 Å². The van der Waals surface area contributed by atoms with Gasteiger partial charge in [0.25, 0.3) is 0 Å². The lowest BCUT2D eigenvalue weighted by Gasteiger charge is -2.15. The molecule has 2 aromatic heterocycles. The number of carboxylic acid groups (broad SMARTS) is 1. The largest absolute Gasteiger partial charge is 0.478 e. The van der Waals surface area contributed by atoms with Gasteiger partial charge in [0.2, 0.25) is 5.95 Å². The number of pyridine rings is 1. The van der Waals surface area contributed by atoms with Crippen LogP contribution in [0.15, 0.2) is 24.7 Å². The highest BCUT2D eigenvalue weighted by molar-refractivity contribution is 5.89. The van der Waals surface area contributed by atoms with E-state index in [9.17, 15) is 4.79 Å². The topological polar surface area (TPSA) is 103 Å². The Bertz CT molecular complexity index is 705. The first-order valence-corrected chi connectivity index (χ1v) is 7.69. The van der Waals surface area contributed by atoms with E-state index in [-0.39, 0.29) is 5.56 Å². The van der Waals surface area contributed by atoms with Gasteiger partial charge in [-0.1, -0.05) is 0 Å². The van der Waals surface area contributed by atoms with Crippen LogP contribution in [-0.2, 0) is 0 Å². The van der Waals surface area contributed by atoms with Crippen molar-refractivity contribution in [3.63, 3.8) is 0 Å². The standard InChI is InChI=1S/C16H22N6O2/c1-4-18-16-20-10-13(14(21-16)19-5-6-22(2)3)11-7-12(15(23)24)9-17-8-11/h7-10H,4-6H2,1-3H3,(H,23,24)(H2,18,19,20,21). The predicted molar refractivity (Wildman–Crippen MR) is 93.4 cm³/mol. The van der Waals surface area contributed by atoms with Crippen molar-refractivity contribution < 1.29 is 9.90 Å². The Hall–Kier alpha value is -2.74. The van der Waals surface area contributed by atoms with Gasteiger partial charge in [0, 0.05) is 49.4 Å². The van der Waals surface area contributed by atoms with Crippen LogP contribution in [0.25, 0.3) is 11.1 Å². The maximum atomic E-state index is 11.2. The number of carboxylic acids is 1. The minimum absolute atomic E-state index is 0.127. The first-order chi connectivity index (χ1) is 11.5. The van der Waals surface area contributed by atoms with E-state index in [1.54, 1.807) is 18.5 Å². The lowest BCUT2D eigenvalue weighted by molar-refractivity contribution is 0.0696. The number of carbonyl (C=O) groups is 1. The van der Waals surface area contributed by atoms with Crippen molar-refractivity contribution in [2.75, 3.05) is 44.4 Å². The fourth-order valence-corrected chi connectivity index (χ4v) is 2.07. The quantitative estimate of drug-likeness (QED) is 0.671. The van der Waals surface area contributed by atoms with Crippen LogP contribution in [0.4, 0.5) is 11.8 Å². The zero-order chi connectivity index (χ0) is 17.5. The highest BCUT2D eigenvalue weighted by atomic mass is 16.4. The molecule has 0 unspecified atom stereocenters. The zero-order valence-electron chi connectivity index (χ0n) is 14.1. The monoisotopic (exact) mass is 330 g/mol. The van der Waals surface area contributed by atoms with Crippen LogP contribution in [0.1, 0.15) is 17.3 Å². The number of likely N-dealkylation sites (N-methyl/N-ethyl adjacent to an activating group) is 1. The maximum absolute atomic E-state index is 11.2. The van der Waals surface area contributed by atoms with Gasteiger partial charge in [0.15, 0.2) is 0 Å². The molecule has 0 amide bonds. The minimum Gasteiger partial charge on any atom is -0.478 e. The van der Waals surface area contributed by atoms with Gasteiger partial charge in [-0.3, -0.25) is 4.98 Å². The summed E-state index contributed by atoms with van der Waals surface area (Å²) in [6, 6.07) is 1.57. The number of anilines is 2. The summed E-state index contributed by atoms with van der Waals surface area (Å²) in [4.78, 5) is 26.0. The van der Waals surface area contributed by atoms with Gasteiger partial charge in [-0.15, -0.1) is 0 Å². The van der Waals surface area contributed by atoms with Gasteiger partial charge in [-0.25, -0.2) is 9.78 Å². The molecule has 0 aliphatic heterocycles. The molecule has 0 aliphatic rings. The van der Waals surface area contributed by atoms with E-state index in [1.807, 2.05) is 21.0 Å². The second-order valence-corrected chi connectivity index (χ2v) is 5.48. The molecule has 2 aromatic rings. The summed E-state index contributed by atoms with van der Waals surface area (Å²) in [7, 11) is 3.99. The van der Waals surface area contributed by atoms with Crippen LogP contribution in [0.5, 0.6) is 0 Å². The molecule has 0 bridgehead atoms. The summed E-state index contributed by atoms with van der Waals surface area (Å²) in [5.41, 5.74) is 1.50. The molecular formula is C16H22N6O2. The molecule has 0 spiro atoms. The molecule has 0 aliphatic carbocycles. The first-order valence-electron chi connectivity index (χ1n) is 7.69. The Morgan fingerprint density at radius 1 is 1.25 bits per heavy atom. The Balaban J connectivity index is 2.36. The third kappa shape index (κ3) is 4.63. The van der Waals surface area contributed by atoms with Crippen LogP contribution in [-0.4, -0.2) is 64.7 Å². The SMILES string of the molecule is CCNc1ncc(-c2cncc(C(=O)O)c2)c(NCCN(C)C)n1. The van der Waals surface area contributed by atoms with E-state index in [1.165, 1.54) is 6.20 Å². The fourth-order valence-electron chi connectivity index (χ4n) is 2.07. The van der Waals surface area contributed by atoms with Gasteiger partial charge in [0.05, 0.1) is 5.56 Å². The third-order valence-corrected chi connectivity index (χ3v) is 3.27. The molecule has 0 saturated carbocycles. The van der Waals surface area contributed by atoms with Crippen molar-refractivity contribution in [2.24, 2.45) is 0 Å². The lowest BCUT2D eigenvalue weighted by Crippen LogP contribution is -2.21. The molecule has 0 radical (unpaired) electrons. The smallest absolute Gasteiger partial charge is 0.337 e. The number of rotatable bonds is 8. The van der Waals surface area contributed by atoms with E-state index < -0.39 is 5.97 Å². The number of nitrogens with zero attached hydrogens (tertiary/aromatic N) is 4. The normalized spacial score (nSPS) is 10.7. The summed E-state index contributed by atoms with van der Waals surface area (Å²) >= 11 is 0. The number of aromatic nitrogens is 3. The summed E-state index contributed by atoms with van der Waals surface area (Å²) in [5, 5.41) is 15.5. The molecule has 8 nitrogen and oxygen atoms in total. The second kappa shape index (κ2) is 8.21. The average molecular weight is 330 g/mol. The van der Waals surface area contributed by atoms with Crippen LogP contribution in [0.2, 0.25) is 0 Å². The predicted octanol–water partition coefficient (Wildman–Crippen LogP) is 1.64.